The van der Waals surface area contributed by atoms with E-state index in [-0.39, 0.29) is 11.3 Å². The molecular formula is C20H27N7. The molecule has 1 atom stereocenters. The van der Waals surface area contributed by atoms with Crippen LogP contribution in [0.2, 0.25) is 0 Å². The lowest BCUT2D eigenvalue weighted by atomic mass is 9.89. The summed E-state index contributed by atoms with van der Waals surface area (Å²) in [5, 5.41) is 3.38. The third-order valence-electron chi connectivity index (χ3n) is 5.08. The predicted molar refractivity (Wildman–Crippen MR) is 110 cm³/mol. The van der Waals surface area contributed by atoms with Crippen molar-refractivity contribution in [3.05, 3.63) is 34.4 Å². The maximum atomic E-state index is 5.69. The van der Waals surface area contributed by atoms with E-state index in [0.29, 0.717) is 13.1 Å². The number of hydrogen-bond donors (Lipinski definition) is 3. The Bertz CT molecular complexity index is 902. The fourth-order valence-corrected chi connectivity index (χ4v) is 3.55. The maximum Gasteiger partial charge on any atom is 0.139 e. The molecule has 1 unspecified atom stereocenters. The molecule has 142 valence electrons. The number of fused-ring (bicyclic) bond motifs is 2. The van der Waals surface area contributed by atoms with Gasteiger partial charge in [0.05, 0.1) is 11.6 Å². The summed E-state index contributed by atoms with van der Waals surface area (Å²) in [7, 11) is 0. The molecule has 0 aliphatic carbocycles. The number of anilines is 1. The Labute approximate surface area is 159 Å². The van der Waals surface area contributed by atoms with E-state index < -0.39 is 0 Å². The van der Waals surface area contributed by atoms with Crippen molar-refractivity contribution >= 4 is 24.1 Å². The van der Waals surface area contributed by atoms with E-state index in [9.17, 15) is 0 Å². The van der Waals surface area contributed by atoms with Gasteiger partial charge in [0.1, 0.15) is 17.5 Å². The highest BCUT2D eigenvalue weighted by molar-refractivity contribution is 5.82. The third-order valence-corrected chi connectivity index (χ3v) is 5.08. The fraction of sp³-hybridized carbons (Fsp3) is 0.500. The summed E-state index contributed by atoms with van der Waals surface area (Å²) in [6, 6.07) is 2.22. The van der Waals surface area contributed by atoms with E-state index >= 15 is 0 Å². The van der Waals surface area contributed by atoms with Gasteiger partial charge in [0, 0.05) is 54.3 Å². The fourth-order valence-electron chi connectivity index (χ4n) is 3.55. The number of nitrogens with zero attached hydrogens (tertiary/aromatic N) is 4. The quantitative estimate of drug-likeness (QED) is 0.775. The number of hydrogen-bond acceptors (Lipinski definition) is 6. The molecule has 2 aromatic rings. The Morgan fingerprint density at radius 1 is 1.30 bits per heavy atom. The number of rotatable bonds is 4. The van der Waals surface area contributed by atoms with Crippen LogP contribution in [0.1, 0.15) is 61.4 Å². The molecule has 4 heterocycles. The van der Waals surface area contributed by atoms with Gasteiger partial charge in [0.15, 0.2) is 0 Å². The van der Waals surface area contributed by atoms with E-state index in [1.165, 1.54) is 11.3 Å². The Kier molecular flexibility index (Phi) is 4.55. The second-order valence-corrected chi connectivity index (χ2v) is 8.13. The Morgan fingerprint density at radius 2 is 2.15 bits per heavy atom. The molecule has 2 aliphatic rings. The summed E-state index contributed by atoms with van der Waals surface area (Å²) in [6.07, 6.45) is 5.47. The average Bonchev–Trinajstić information content (AvgIpc) is 3.10. The van der Waals surface area contributed by atoms with Crippen LogP contribution < -0.4 is 11.1 Å². The summed E-state index contributed by atoms with van der Waals surface area (Å²) in [5.74, 6) is 2.71. The second-order valence-electron chi connectivity index (χ2n) is 8.13. The summed E-state index contributed by atoms with van der Waals surface area (Å²) in [6.45, 7) is 8.63. The molecule has 4 rings (SSSR count). The molecule has 0 saturated carbocycles. The first kappa shape index (κ1) is 17.9. The SMILES string of the molecule is CC(C)(C)c1cc2c([nH]1)N=CCC2c1nc2c(c(NCCN)n1)CCN=C2. The Hall–Kier alpha value is -2.54. The molecule has 0 bridgehead atoms. The molecule has 0 radical (unpaired) electrons. The first-order valence-corrected chi connectivity index (χ1v) is 9.58. The van der Waals surface area contributed by atoms with Crippen LogP contribution >= 0.6 is 0 Å². The predicted octanol–water partition coefficient (Wildman–Crippen LogP) is 2.69. The molecule has 4 N–H and O–H groups in total. The summed E-state index contributed by atoms with van der Waals surface area (Å²) in [5.41, 5.74) is 10.1. The number of aromatic amines is 1. The van der Waals surface area contributed by atoms with Crippen LogP contribution in [-0.2, 0) is 11.8 Å². The van der Waals surface area contributed by atoms with Crippen LogP contribution in [0.5, 0.6) is 0 Å². The smallest absolute Gasteiger partial charge is 0.139 e. The molecular weight excluding hydrogens is 338 g/mol. The van der Waals surface area contributed by atoms with E-state index in [2.05, 4.69) is 47.1 Å². The molecule has 27 heavy (non-hydrogen) atoms. The minimum Gasteiger partial charge on any atom is -0.368 e. The van der Waals surface area contributed by atoms with Crippen LogP contribution in [0, 0.1) is 0 Å². The van der Waals surface area contributed by atoms with E-state index in [4.69, 9.17) is 15.7 Å². The van der Waals surface area contributed by atoms with Crippen LogP contribution in [0.25, 0.3) is 0 Å². The zero-order valence-corrected chi connectivity index (χ0v) is 16.2. The largest absolute Gasteiger partial charge is 0.368 e. The van der Waals surface area contributed by atoms with Gasteiger partial charge in [0.25, 0.3) is 0 Å². The van der Waals surface area contributed by atoms with Gasteiger partial charge in [-0.25, -0.2) is 15.0 Å². The number of nitrogens with one attached hydrogen (secondary N) is 2. The van der Waals surface area contributed by atoms with Gasteiger partial charge in [-0.1, -0.05) is 20.8 Å². The molecule has 7 nitrogen and oxygen atoms in total. The molecule has 0 saturated heterocycles. The first-order valence-electron chi connectivity index (χ1n) is 9.58. The second kappa shape index (κ2) is 6.88. The van der Waals surface area contributed by atoms with Crippen LogP contribution in [0.3, 0.4) is 0 Å². The zero-order chi connectivity index (χ0) is 19.0. The van der Waals surface area contributed by atoms with Gasteiger partial charge < -0.3 is 16.0 Å². The van der Waals surface area contributed by atoms with Crippen molar-refractivity contribution in [3.63, 3.8) is 0 Å². The van der Waals surface area contributed by atoms with Crippen LogP contribution in [0.15, 0.2) is 16.1 Å². The lowest BCUT2D eigenvalue weighted by Gasteiger charge is -2.21. The number of aromatic nitrogens is 3. The summed E-state index contributed by atoms with van der Waals surface area (Å²) in [4.78, 5) is 22.2. The molecule has 0 fully saturated rings. The highest BCUT2D eigenvalue weighted by Crippen LogP contribution is 2.39. The van der Waals surface area contributed by atoms with Gasteiger partial charge in [-0.3, -0.25) is 4.99 Å². The van der Waals surface area contributed by atoms with Crippen molar-refractivity contribution in [1.29, 1.82) is 0 Å². The van der Waals surface area contributed by atoms with Gasteiger partial charge in [0.2, 0.25) is 0 Å². The number of H-pyrrole nitrogens is 1. The molecule has 2 aliphatic heterocycles. The van der Waals surface area contributed by atoms with Crippen molar-refractivity contribution in [3.8, 4) is 0 Å². The minimum absolute atomic E-state index is 0.0363. The standard InChI is InChI=1S/C20H27N7/c1-20(2,3)16-10-14-12(5-8-23-18(14)26-16)19-25-15-11-22-7-4-13(15)17(27-19)24-9-6-21/h8,10-12,26H,4-7,9,21H2,1-3H3,(H,24,25,27). The van der Waals surface area contributed by atoms with Crippen molar-refractivity contribution in [2.24, 2.45) is 15.7 Å². The monoisotopic (exact) mass is 365 g/mol. The molecule has 7 heteroatoms. The Balaban J connectivity index is 1.77. The number of nitrogens with two attached hydrogens (primary N) is 1. The van der Waals surface area contributed by atoms with Gasteiger partial charge in [-0.15, -0.1) is 0 Å². The summed E-state index contributed by atoms with van der Waals surface area (Å²) < 4.78 is 0. The third kappa shape index (κ3) is 3.39. The molecule has 2 aromatic heterocycles. The minimum atomic E-state index is 0.0363. The van der Waals surface area contributed by atoms with Crippen LogP contribution in [-0.4, -0.2) is 47.0 Å². The van der Waals surface area contributed by atoms with E-state index in [1.807, 2.05) is 12.4 Å². The van der Waals surface area contributed by atoms with Crippen molar-refractivity contribution in [1.82, 2.24) is 15.0 Å². The molecule has 0 amide bonds. The summed E-state index contributed by atoms with van der Waals surface area (Å²) >= 11 is 0. The van der Waals surface area contributed by atoms with Crippen molar-refractivity contribution < 1.29 is 0 Å². The van der Waals surface area contributed by atoms with Gasteiger partial charge >= 0.3 is 0 Å². The highest BCUT2D eigenvalue weighted by Gasteiger charge is 2.29. The van der Waals surface area contributed by atoms with E-state index in [1.54, 1.807) is 0 Å². The van der Waals surface area contributed by atoms with Gasteiger partial charge in [-0.2, -0.15) is 0 Å². The van der Waals surface area contributed by atoms with Gasteiger partial charge in [-0.05, 0) is 18.9 Å². The van der Waals surface area contributed by atoms with E-state index in [0.717, 1.165) is 48.1 Å². The lowest BCUT2D eigenvalue weighted by Crippen LogP contribution is -2.20. The highest BCUT2D eigenvalue weighted by atomic mass is 15.1. The molecule has 0 spiro atoms. The average molecular weight is 365 g/mol. The maximum absolute atomic E-state index is 5.69. The Morgan fingerprint density at radius 3 is 2.93 bits per heavy atom. The van der Waals surface area contributed by atoms with Crippen LogP contribution in [0.4, 0.5) is 11.6 Å². The van der Waals surface area contributed by atoms with Crippen molar-refractivity contribution in [2.45, 2.75) is 44.9 Å². The lowest BCUT2D eigenvalue weighted by molar-refractivity contribution is 0.573. The zero-order valence-electron chi connectivity index (χ0n) is 16.2. The molecule has 0 aromatic carbocycles. The normalized spacial score (nSPS) is 18.3. The van der Waals surface area contributed by atoms with Crippen molar-refractivity contribution in [2.75, 3.05) is 25.0 Å². The number of aliphatic imine (C=N–C) groups is 2. The first-order chi connectivity index (χ1) is 13.0. The topological polar surface area (TPSA) is 104 Å².